The van der Waals surface area contributed by atoms with E-state index >= 15 is 0 Å². The minimum absolute atomic E-state index is 0.132. The molecule has 0 bridgehead atoms. The second kappa shape index (κ2) is 6.14. The average molecular weight is 262 g/mol. The standard InChI is InChI=1S/C11H18O5S/c1-2-16-11(13)8-17(14,15)7-10(12)9-5-3-4-6-9/h9H,2-8H2,1H3. The normalized spacial score (nSPS) is 17.0. The zero-order valence-corrected chi connectivity index (χ0v) is 10.8. The molecule has 0 radical (unpaired) electrons. The van der Waals surface area contributed by atoms with E-state index in [1.54, 1.807) is 6.92 Å². The van der Waals surface area contributed by atoms with Gasteiger partial charge in [-0.15, -0.1) is 0 Å². The molecule has 0 aromatic rings. The first-order valence-corrected chi connectivity index (χ1v) is 7.65. The van der Waals surface area contributed by atoms with Crippen LogP contribution in [0.15, 0.2) is 0 Å². The predicted octanol–water partition coefficient (Wildman–Crippen LogP) is 0.724. The van der Waals surface area contributed by atoms with Crippen LogP contribution < -0.4 is 0 Å². The number of esters is 1. The van der Waals surface area contributed by atoms with Crippen LogP contribution >= 0.6 is 0 Å². The van der Waals surface area contributed by atoms with Crippen molar-refractivity contribution in [3.8, 4) is 0 Å². The molecule has 1 rings (SSSR count). The molecule has 17 heavy (non-hydrogen) atoms. The van der Waals surface area contributed by atoms with Gasteiger partial charge in [0, 0.05) is 5.92 Å². The third-order valence-electron chi connectivity index (χ3n) is 2.82. The van der Waals surface area contributed by atoms with Crippen molar-refractivity contribution in [2.24, 2.45) is 5.92 Å². The van der Waals surface area contributed by atoms with Crippen molar-refractivity contribution in [2.45, 2.75) is 32.6 Å². The summed E-state index contributed by atoms with van der Waals surface area (Å²) < 4.78 is 27.7. The molecule has 1 aliphatic carbocycles. The van der Waals surface area contributed by atoms with Crippen LogP contribution in [-0.4, -0.2) is 38.3 Å². The number of hydrogen-bond donors (Lipinski definition) is 0. The van der Waals surface area contributed by atoms with Crippen LogP contribution in [0, 0.1) is 5.92 Å². The fourth-order valence-electron chi connectivity index (χ4n) is 2.02. The van der Waals surface area contributed by atoms with E-state index in [-0.39, 0.29) is 18.3 Å². The number of Topliss-reactive ketones (excluding diaryl/α,β-unsaturated/α-hetero) is 1. The molecule has 5 nitrogen and oxygen atoms in total. The third kappa shape index (κ3) is 4.85. The van der Waals surface area contributed by atoms with Gasteiger partial charge in [0.05, 0.1) is 6.61 Å². The van der Waals surface area contributed by atoms with Gasteiger partial charge in [-0.1, -0.05) is 12.8 Å². The van der Waals surface area contributed by atoms with E-state index in [1.165, 1.54) is 0 Å². The molecule has 0 atom stereocenters. The van der Waals surface area contributed by atoms with Crippen LogP contribution in [0.2, 0.25) is 0 Å². The van der Waals surface area contributed by atoms with Crippen LogP contribution in [0.5, 0.6) is 0 Å². The average Bonchev–Trinajstić information content (AvgIpc) is 2.68. The van der Waals surface area contributed by atoms with E-state index in [9.17, 15) is 18.0 Å². The number of sulfone groups is 1. The Morgan fingerprint density at radius 1 is 1.18 bits per heavy atom. The number of carbonyl (C=O) groups is 2. The minimum atomic E-state index is -3.66. The maximum atomic E-state index is 11.7. The molecule has 0 saturated heterocycles. The molecule has 6 heteroatoms. The number of ketones is 1. The van der Waals surface area contributed by atoms with Gasteiger partial charge in [-0.05, 0) is 19.8 Å². The van der Waals surface area contributed by atoms with Crippen molar-refractivity contribution in [1.82, 2.24) is 0 Å². The lowest BCUT2D eigenvalue weighted by Gasteiger charge is -2.08. The lowest BCUT2D eigenvalue weighted by molar-refractivity contribution is -0.139. The zero-order chi connectivity index (χ0) is 12.9. The molecular weight excluding hydrogens is 244 g/mol. The van der Waals surface area contributed by atoms with E-state index in [0.29, 0.717) is 0 Å². The van der Waals surface area contributed by atoms with Crippen LogP contribution in [0.3, 0.4) is 0 Å². The van der Waals surface area contributed by atoms with E-state index in [4.69, 9.17) is 0 Å². The quantitative estimate of drug-likeness (QED) is 0.659. The largest absolute Gasteiger partial charge is 0.465 e. The van der Waals surface area contributed by atoms with Crippen LogP contribution in [0.4, 0.5) is 0 Å². The van der Waals surface area contributed by atoms with Crippen molar-refractivity contribution in [3.63, 3.8) is 0 Å². The van der Waals surface area contributed by atoms with Gasteiger partial charge in [0.2, 0.25) is 0 Å². The maximum absolute atomic E-state index is 11.7. The number of rotatable bonds is 6. The van der Waals surface area contributed by atoms with E-state index in [1.807, 2.05) is 0 Å². The van der Waals surface area contributed by atoms with Gasteiger partial charge in [-0.2, -0.15) is 0 Å². The Hall–Kier alpha value is -0.910. The first kappa shape index (κ1) is 14.2. The summed E-state index contributed by atoms with van der Waals surface area (Å²) in [7, 11) is -3.66. The van der Waals surface area contributed by atoms with E-state index in [0.717, 1.165) is 25.7 Å². The summed E-state index contributed by atoms with van der Waals surface area (Å²) in [6.07, 6.45) is 3.50. The van der Waals surface area contributed by atoms with Crippen molar-refractivity contribution >= 4 is 21.6 Å². The molecule has 0 amide bonds. The molecule has 1 saturated carbocycles. The molecule has 1 aliphatic rings. The molecule has 0 N–H and O–H groups in total. The van der Waals surface area contributed by atoms with Crippen molar-refractivity contribution in [3.05, 3.63) is 0 Å². The Morgan fingerprint density at radius 3 is 2.29 bits per heavy atom. The molecular formula is C11H18O5S. The van der Waals surface area contributed by atoms with Gasteiger partial charge in [0.25, 0.3) is 0 Å². The van der Waals surface area contributed by atoms with Gasteiger partial charge in [-0.3, -0.25) is 9.59 Å². The molecule has 0 aliphatic heterocycles. The molecule has 98 valence electrons. The van der Waals surface area contributed by atoms with E-state index < -0.39 is 27.3 Å². The highest BCUT2D eigenvalue weighted by Gasteiger charge is 2.28. The lowest BCUT2D eigenvalue weighted by atomic mass is 10.0. The second-order valence-electron chi connectivity index (χ2n) is 4.28. The van der Waals surface area contributed by atoms with Crippen LogP contribution in [-0.2, 0) is 24.2 Å². The molecule has 0 spiro atoms. The Kier molecular flexibility index (Phi) is 5.11. The van der Waals surface area contributed by atoms with Crippen molar-refractivity contribution in [1.29, 1.82) is 0 Å². The van der Waals surface area contributed by atoms with Gasteiger partial charge in [0.1, 0.15) is 11.5 Å². The Bertz CT molecular complexity index is 379. The van der Waals surface area contributed by atoms with Gasteiger partial charge >= 0.3 is 5.97 Å². The van der Waals surface area contributed by atoms with Crippen molar-refractivity contribution in [2.75, 3.05) is 18.1 Å². The smallest absolute Gasteiger partial charge is 0.321 e. The number of hydrogen-bond acceptors (Lipinski definition) is 5. The molecule has 1 fully saturated rings. The summed E-state index contributed by atoms with van der Waals surface area (Å²) in [6.45, 7) is 1.75. The molecule has 0 aromatic heterocycles. The minimum Gasteiger partial charge on any atom is -0.465 e. The fourth-order valence-corrected chi connectivity index (χ4v) is 3.23. The topological polar surface area (TPSA) is 77.5 Å². The highest BCUT2D eigenvalue weighted by molar-refractivity contribution is 7.92. The Morgan fingerprint density at radius 2 is 1.76 bits per heavy atom. The van der Waals surface area contributed by atoms with Crippen molar-refractivity contribution < 1.29 is 22.7 Å². The zero-order valence-electron chi connectivity index (χ0n) is 9.98. The number of ether oxygens (including phenoxy) is 1. The summed E-state index contributed by atoms with van der Waals surface area (Å²) in [5.41, 5.74) is 0. The first-order chi connectivity index (χ1) is 7.94. The molecule has 0 heterocycles. The second-order valence-corrected chi connectivity index (χ2v) is 6.35. The van der Waals surface area contributed by atoms with Crippen LogP contribution in [0.1, 0.15) is 32.6 Å². The van der Waals surface area contributed by atoms with E-state index in [2.05, 4.69) is 4.74 Å². The van der Waals surface area contributed by atoms with Gasteiger partial charge < -0.3 is 4.74 Å². The van der Waals surface area contributed by atoms with Gasteiger partial charge in [-0.25, -0.2) is 8.42 Å². The summed E-state index contributed by atoms with van der Waals surface area (Å²) in [4.78, 5) is 22.7. The maximum Gasteiger partial charge on any atom is 0.321 e. The summed E-state index contributed by atoms with van der Waals surface area (Å²) in [5.74, 6) is -2.40. The summed E-state index contributed by atoms with van der Waals surface area (Å²) in [5, 5.41) is 0. The Labute approximate surface area is 101 Å². The highest BCUT2D eigenvalue weighted by Crippen LogP contribution is 2.25. The lowest BCUT2D eigenvalue weighted by Crippen LogP contribution is -2.27. The monoisotopic (exact) mass is 262 g/mol. The highest BCUT2D eigenvalue weighted by atomic mass is 32.2. The SMILES string of the molecule is CCOC(=O)CS(=O)(=O)CC(=O)C1CCCC1. The Balaban J connectivity index is 2.48. The predicted molar refractivity (Wildman–Crippen MR) is 62.3 cm³/mol. The molecule has 0 unspecified atom stereocenters. The van der Waals surface area contributed by atoms with Gasteiger partial charge in [0.15, 0.2) is 15.6 Å². The van der Waals surface area contributed by atoms with Crippen LogP contribution in [0.25, 0.3) is 0 Å². The third-order valence-corrected chi connectivity index (χ3v) is 4.22. The fraction of sp³-hybridized carbons (Fsp3) is 0.818. The summed E-state index contributed by atoms with van der Waals surface area (Å²) >= 11 is 0. The first-order valence-electron chi connectivity index (χ1n) is 5.83. The molecule has 0 aromatic carbocycles. The summed E-state index contributed by atoms with van der Waals surface area (Å²) in [6, 6.07) is 0. The number of carbonyl (C=O) groups excluding carboxylic acids is 2.